The third-order valence-electron chi connectivity index (χ3n) is 4.44. The number of unbranched alkanes of at least 4 members (excludes halogenated alkanes) is 1. The van der Waals surface area contributed by atoms with Crippen LogP contribution in [-0.2, 0) is 4.79 Å². The molecule has 1 atom stereocenters. The normalized spacial score (nSPS) is 17.2. The summed E-state index contributed by atoms with van der Waals surface area (Å²) in [5.41, 5.74) is 0.613. The van der Waals surface area contributed by atoms with Crippen LogP contribution < -0.4 is 5.32 Å². The second-order valence-corrected chi connectivity index (χ2v) is 6.37. The van der Waals surface area contributed by atoms with E-state index < -0.39 is 5.97 Å². The number of rotatable bonds is 6. The SMILES string of the molecule is CCCCNC(=O)C1CCCN(C(=O)c2ccc(C(=O)O)c(C)n2)C1. The molecule has 2 N–H and O–H groups in total. The fourth-order valence-corrected chi connectivity index (χ4v) is 2.98. The van der Waals surface area contributed by atoms with E-state index in [1.165, 1.54) is 12.1 Å². The number of carboxylic acid groups (broad SMARTS) is 1. The second-order valence-electron chi connectivity index (χ2n) is 6.37. The molecule has 136 valence electrons. The van der Waals surface area contributed by atoms with E-state index in [0.717, 1.165) is 25.7 Å². The van der Waals surface area contributed by atoms with E-state index in [1.807, 2.05) is 0 Å². The zero-order chi connectivity index (χ0) is 18.4. The van der Waals surface area contributed by atoms with Crippen LogP contribution in [0.1, 0.15) is 59.1 Å². The molecule has 2 heterocycles. The first-order chi connectivity index (χ1) is 11.9. The number of aromatic carboxylic acids is 1. The molecular weight excluding hydrogens is 322 g/mol. The van der Waals surface area contributed by atoms with E-state index in [2.05, 4.69) is 17.2 Å². The lowest BCUT2D eigenvalue weighted by Gasteiger charge is -2.32. The van der Waals surface area contributed by atoms with Crippen molar-refractivity contribution in [3.63, 3.8) is 0 Å². The van der Waals surface area contributed by atoms with Gasteiger partial charge in [-0.25, -0.2) is 9.78 Å². The van der Waals surface area contributed by atoms with Gasteiger partial charge in [-0.05, 0) is 38.3 Å². The van der Waals surface area contributed by atoms with E-state index in [0.29, 0.717) is 25.3 Å². The van der Waals surface area contributed by atoms with E-state index in [1.54, 1.807) is 11.8 Å². The lowest BCUT2D eigenvalue weighted by molar-refractivity contribution is -0.126. The molecule has 1 aliphatic rings. The van der Waals surface area contributed by atoms with Crippen LogP contribution in [0.15, 0.2) is 12.1 Å². The Morgan fingerprint density at radius 1 is 1.36 bits per heavy atom. The van der Waals surface area contributed by atoms with Gasteiger partial charge in [0.05, 0.1) is 17.2 Å². The Hall–Kier alpha value is -2.44. The number of nitrogens with zero attached hydrogens (tertiary/aromatic N) is 2. The first-order valence-corrected chi connectivity index (χ1v) is 8.72. The molecule has 7 heteroatoms. The maximum Gasteiger partial charge on any atom is 0.337 e. The Bertz CT molecular complexity index is 660. The average molecular weight is 347 g/mol. The maximum atomic E-state index is 12.6. The molecule has 1 aromatic heterocycles. The molecular formula is C18H25N3O4. The highest BCUT2D eigenvalue weighted by molar-refractivity contribution is 5.95. The number of aromatic nitrogens is 1. The van der Waals surface area contributed by atoms with Crippen molar-refractivity contribution in [3.8, 4) is 0 Å². The summed E-state index contributed by atoms with van der Waals surface area (Å²) in [6.07, 6.45) is 3.50. The summed E-state index contributed by atoms with van der Waals surface area (Å²) in [5.74, 6) is -1.53. The van der Waals surface area contributed by atoms with Crippen LogP contribution in [0.3, 0.4) is 0 Å². The number of hydrogen-bond donors (Lipinski definition) is 2. The monoisotopic (exact) mass is 347 g/mol. The van der Waals surface area contributed by atoms with Crippen molar-refractivity contribution in [2.24, 2.45) is 5.92 Å². The number of nitrogens with one attached hydrogen (secondary N) is 1. The van der Waals surface area contributed by atoms with E-state index >= 15 is 0 Å². The van der Waals surface area contributed by atoms with Crippen LogP contribution in [0, 0.1) is 12.8 Å². The third-order valence-corrected chi connectivity index (χ3v) is 4.44. The molecule has 0 aliphatic carbocycles. The summed E-state index contributed by atoms with van der Waals surface area (Å²) in [6, 6.07) is 2.83. The predicted octanol–water partition coefficient (Wildman–Crippen LogP) is 1.86. The molecule has 0 aromatic carbocycles. The van der Waals surface area contributed by atoms with Crippen LogP contribution in [0.2, 0.25) is 0 Å². The van der Waals surface area contributed by atoms with Gasteiger partial charge in [0.15, 0.2) is 0 Å². The Morgan fingerprint density at radius 2 is 2.12 bits per heavy atom. The van der Waals surface area contributed by atoms with Crippen LogP contribution in [0.4, 0.5) is 0 Å². The minimum absolute atomic E-state index is 0.00341. The molecule has 0 saturated carbocycles. The van der Waals surface area contributed by atoms with Crippen molar-refractivity contribution < 1.29 is 19.5 Å². The van der Waals surface area contributed by atoms with Gasteiger partial charge in [0.25, 0.3) is 5.91 Å². The van der Waals surface area contributed by atoms with Gasteiger partial charge < -0.3 is 15.3 Å². The topological polar surface area (TPSA) is 99.6 Å². The number of carbonyl (C=O) groups is 3. The highest BCUT2D eigenvalue weighted by Crippen LogP contribution is 2.19. The standard InChI is InChI=1S/C18H25N3O4/c1-3-4-9-19-16(22)13-6-5-10-21(11-13)17(23)15-8-7-14(18(24)25)12(2)20-15/h7-8,13H,3-6,9-11H2,1-2H3,(H,19,22)(H,24,25). The summed E-state index contributed by atoms with van der Waals surface area (Å²) < 4.78 is 0. The fraction of sp³-hybridized carbons (Fsp3) is 0.556. The van der Waals surface area contributed by atoms with E-state index in [-0.39, 0.29) is 29.0 Å². The van der Waals surface area contributed by atoms with E-state index in [9.17, 15) is 14.4 Å². The van der Waals surface area contributed by atoms with Gasteiger partial charge in [0, 0.05) is 19.6 Å². The molecule has 1 aliphatic heterocycles. The molecule has 1 saturated heterocycles. The largest absolute Gasteiger partial charge is 0.478 e. The van der Waals surface area contributed by atoms with Crippen LogP contribution in [-0.4, -0.2) is 52.4 Å². The Morgan fingerprint density at radius 3 is 2.76 bits per heavy atom. The molecule has 2 rings (SSSR count). The molecule has 7 nitrogen and oxygen atoms in total. The van der Waals surface area contributed by atoms with Crippen molar-refractivity contribution in [3.05, 3.63) is 29.1 Å². The first-order valence-electron chi connectivity index (χ1n) is 8.72. The van der Waals surface area contributed by atoms with Crippen molar-refractivity contribution in [2.75, 3.05) is 19.6 Å². The highest BCUT2D eigenvalue weighted by Gasteiger charge is 2.29. The van der Waals surface area contributed by atoms with Gasteiger partial charge in [0.1, 0.15) is 5.69 Å². The first kappa shape index (κ1) is 18.9. The minimum Gasteiger partial charge on any atom is -0.478 e. The van der Waals surface area contributed by atoms with E-state index in [4.69, 9.17) is 5.11 Å². The molecule has 1 unspecified atom stereocenters. The molecule has 0 bridgehead atoms. The van der Waals surface area contributed by atoms with Crippen LogP contribution in [0.25, 0.3) is 0 Å². The number of carbonyl (C=O) groups excluding carboxylic acids is 2. The summed E-state index contributed by atoms with van der Waals surface area (Å²) in [6.45, 7) is 5.26. The summed E-state index contributed by atoms with van der Waals surface area (Å²) in [5, 5.41) is 12.0. The zero-order valence-electron chi connectivity index (χ0n) is 14.7. The van der Waals surface area contributed by atoms with Gasteiger partial charge in [-0.15, -0.1) is 0 Å². The minimum atomic E-state index is -1.06. The highest BCUT2D eigenvalue weighted by atomic mass is 16.4. The summed E-state index contributed by atoms with van der Waals surface area (Å²) >= 11 is 0. The Kier molecular flexibility index (Phi) is 6.50. The predicted molar refractivity (Wildman–Crippen MR) is 92.5 cm³/mol. The molecule has 2 amide bonds. The number of amides is 2. The number of piperidine rings is 1. The van der Waals surface area contributed by atoms with Crippen molar-refractivity contribution in [1.82, 2.24) is 15.2 Å². The number of likely N-dealkylation sites (tertiary alicyclic amines) is 1. The maximum absolute atomic E-state index is 12.6. The summed E-state index contributed by atoms with van der Waals surface area (Å²) in [7, 11) is 0. The molecule has 0 radical (unpaired) electrons. The zero-order valence-corrected chi connectivity index (χ0v) is 14.7. The van der Waals surface area contributed by atoms with Crippen molar-refractivity contribution in [1.29, 1.82) is 0 Å². The quantitative estimate of drug-likeness (QED) is 0.765. The number of carboxylic acids is 1. The van der Waals surface area contributed by atoms with Gasteiger partial charge in [-0.1, -0.05) is 13.3 Å². The lowest BCUT2D eigenvalue weighted by atomic mass is 9.96. The lowest BCUT2D eigenvalue weighted by Crippen LogP contribution is -2.45. The third kappa shape index (κ3) is 4.78. The average Bonchev–Trinajstić information content (AvgIpc) is 2.61. The van der Waals surface area contributed by atoms with Gasteiger partial charge in [0.2, 0.25) is 5.91 Å². The van der Waals surface area contributed by atoms with Gasteiger partial charge in [-0.3, -0.25) is 9.59 Å². The number of aryl methyl sites for hydroxylation is 1. The van der Waals surface area contributed by atoms with Crippen LogP contribution >= 0.6 is 0 Å². The van der Waals surface area contributed by atoms with Crippen molar-refractivity contribution >= 4 is 17.8 Å². The van der Waals surface area contributed by atoms with Gasteiger partial charge >= 0.3 is 5.97 Å². The van der Waals surface area contributed by atoms with Gasteiger partial charge in [-0.2, -0.15) is 0 Å². The smallest absolute Gasteiger partial charge is 0.337 e. The fourth-order valence-electron chi connectivity index (χ4n) is 2.98. The molecule has 1 fully saturated rings. The second kappa shape index (κ2) is 8.60. The Balaban J connectivity index is 2.03. The van der Waals surface area contributed by atoms with Crippen LogP contribution in [0.5, 0.6) is 0 Å². The summed E-state index contributed by atoms with van der Waals surface area (Å²) in [4.78, 5) is 41.7. The molecule has 0 spiro atoms. The number of hydrogen-bond acceptors (Lipinski definition) is 4. The molecule has 25 heavy (non-hydrogen) atoms. The molecule has 1 aromatic rings. The number of pyridine rings is 1. The van der Waals surface area contributed by atoms with Crippen molar-refractivity contribution in [2.45, 2.75) is 39.5 Å². The Labute approximate surface area is 147 Å².